The summed E-state index contributed by atoms with van der Waals surface area (Å²) in [7, 11) is 3.12. The van der Waals surface area contributed by atoms with Crippen LogP contribution in [0, 0.1) is 0 Å². The average molecular weight is 386 g/mol. The van der Waals surface area contributed by atoms with E-state index in [0.29, 0.717) is 34.1 Å². The second kappa shape index (κ2) is 7.63. The number of para-hydroxylation sites is 1. The highest BCUT2D eigenvalue weighted by Crippen LogP contribution is 2.32. The normalized spacial score (nSPS) is 11.2. The van der Waals surface area contributed by atoms with Gasteiger partial charge in [0.1, 0.15) is 4.88 Å². The lowest BCUT2D eigenvalue weighted by Crippen LogP contribution is -2.19. The quantitative estimate of drug-likeness (QED) is 0.700. The van der Waals surface area contributed by atoms with Crippen molar-refractivity contribution in [3.05, 3.63) is 56.4 Å². The van der Waals surface area contributed by atoms with Crippen molar-refractivity contribution in [3.63, 3.8) is 0 Å². The lowest BCUT2D eigenvalue weighted by Gasteiger charge is -2.10. The molecule has 0 amide bonds. The topological polar surface area (TPSA) is 90.1 Å². The molecule has 0 unspecified atom stereocenters. The molecule has 0 spiro atoms. The molecule has 7 nitrogen and oxygen atoms in total. The van der Waals surface area contributed by atoms with E-state index in [1.54, 1.807) is 32.4 Å². The van der Waals surface area contributed by atoms with Crippen LogP contribution in [0.4, 0.5) is 0 Å². The van der Waals surface area contributed by atoms with Gasteiger partial charge in [0.15, 0.2) is 16.5 Å². The summed E-state index contributed by atoms with van der Waals surface area (Å²) in [6, 6.07) is 5.50. The summed E-state index contributed by atoms with van der Waals surface area (Å²) in [5.41, 5.74) is 1.54. The Bertz CT molecular complexity index is 1100. The van der Waals surface area contributed by atoms with Gasteiger partial charge in [-0.1, -0.05) is 30.4 Å². The third kappa shape index (κ3) is 3.43. The summed E-state index contributed by atoms with van der Waals surface area (Å²) in [4.78, 5) is 28.8. The summed E-state index contributed by atoms with van der Waals surface area (Å²) in [6.45, 7) is 1.86. The molecule has 0 saturated carbocycles. The van der Waals surface area contributed by atoms with Gasteiger partial charge in [-0.25, -0.2) is 9.78 Å². The Morgan fingerprint density at radius 2 is 2.07 bits per heavy atom. The number of aromatic carboxylic acids is 1. The lowest BCUT2D eigenvalue weighted by molar-refractivity contribution is 0.0701. The van der Waals surface area contributed by atoms with E-state index in [4.69, 9.17) is 14.6 Å². The number of thiazole rings is 1. The van der Waals surface area contributed by atoms with Crippen LogP contribution in [0.3, 0.4) is 0 Å². The molecule has 2 heterocycles. The molecule has 0 bridgehead atoms. The Balaban J connectivity index is 2.13. The first-order chi connectivity index (χ1) is 13.0. The number of benzene rings is 1. The highest BCUT2D eigenvalue weighted by molar-refractivity contribution is 7.18. The molecule has 0 radical (unpaired) electrons. The van der Waals surface area contributed by atoms with Gasteiger partial charge in [0.25, 0.3) is 5.56 Å². The summed E-state index contributed by atoms with van der Waals surface area (Å²) in [5.74, 6) is 0.0979. The van der Waals surface area contributed by atoms with Gasteiger partial charge in [0.05, 0.1) is 19.9 Å². The van der Waals surface area contributed by atoms with Crippen molar-refractivity contribution < 1.29 is 19.4 Å². The van der Waals surface area contributed by atoms with E-state index in [1.807, 2.05) is 19.1 Å². The first kappa shape index (κ1) is 18.7. The Morgan fingerprint density at radius 3 is 2.70 bits per heavy atom. The summed E-state index contributed by atoms with van der Waals surface area (Å²) in [6.07, 6.45) is 5.32. The molecule has 3 aromatic rings. The molecule has 2 aromatic heterocycles. The molecule has 1 aromatic carbocycles. The minimum absolute atomic E-state index is 0.0669. The lowest BCUT2D eigenvalue weighted by atomic mass is 10.1. The number of ether oxygens (including phenoxy) is 2. The molecule has 8 heteroatoms. The van der Waals surface area contributed by atoms with E-state index in [2.05, 4.69) is 4.98 Å². The number of aromatic nitrogens is 2. The predicted molar refractivity (Wildman–Crippen MR) is 104 cm³/mol. The zero-order chi connectivity index (χ0) is 19.6. The molecular weight excluding hydrogens is 368 g/mol. The second-order valence-electron chi connectivity index (χ2n) is 5.60. The predicted octanol–water partition coefficient (Wildman–Crippen LogP) is 3.20. The zero-order valence-corrected chi connectivity index (χ0v) is 15.9. The molecule has 0 aliphatic carbocycles. The molecule has 140 valence electrons. The number of hydrogen-bond donors (Lipinski definition) is 1. The highest BCUT2D eigenvalue weighted by atomic mass is 32.1. The molecular formula is C19H18N2O5S. The number of carboxylic acids is 1. The average Bonchev–Trinajstić information content (AvgIpc) is 3.10. The van der Waals surface area contributed by atoms with Crippen LogP contribution in [0.15, 0.2) is 29.2 Å². The Morgan fingerprint density at radius 1 is 1.30 bits per heavy atom. The molecule has 0 aliphatic rings. The van der Waals surface area contributed by atoms with Crippen LogP contribution in [-0.2, 0) is 6.42 Å². The second-order valence-corrected chi connectivity index (χ2v) is 6.61. The van der Waals surface area contributed by atoms with Crippen molar-refractivity contribution in [1.29, 1.82) is 0 Å². The van der Waals surface area contributed by atoms with Crippen LogP contribution in [0.1, 0.15) is 33.4 Å². The number of carboxylic acid groups (broad SMARTS) is 1. The monoisotopic (exact) mass is 386 g/mol. The van der Waals surface area contributed by atoms with E-state index in [9.17, 15) is 9.59 Å². The van der Waals surface area contributed by atoms with Gasteiger partial charge in [-0.2, -0.15) is 0 Å². The van der Waals surface area contributed by atoms with Gasteiger partial charge >= 0.3 is 5.97 Å². The third-order valence-corrected chi connectivity index (χ3v) is 5.04. The van der Waals surface area contributed by atoms with Crippen LogP contribution in [0.25, 0.3) is 17.1 Å². The van der Waals surface area contributed by atoms with Crippen LogP contribution in [0.2, 0.25) is 0 Å². The standard InChI is InChI=1S/C19H18N2O5S/c1-4-12-13(9-8-11-6-5-7-14(25-2)16(11)26-3)20-19-21(17(12)22)10-15(27-19)18(23)24/h5-10H,4H2,1-3H3,(H,23,24). The first-order valence-corrected chi connectivity index (χ1v) is 8.99. The van der Waals surface area contributed by atoms with Crippen molar-refractivity contribution in [2.75, 3.05) is 14.2 Å². The van der Waals surface area contributed by atoms with Crippen LogP contribution in [-0.4, -0.2) is 34.7 Å². The van der Waals surface area contributed by atoms with E-state index < -0.39 is 5.97 Å². The van der Waals surface area contributed by atoms with Gasteiger partial charge in [-0.3, -0.25) is 9.20 Å². The van der Waals surface area contributed by atoms with Crippen LogP contribution in [0.5, 0.6) is 11.5 Å². The first-order valence-electron chi connectivity index (χ1n) is 8.17. The minimum Gasteiger partial charge on any atom is -0.493 e. The van der Waals surface area contributed by atoms with Gasteiger partial charge in [-0.15, -0.1) is 0 Å². The van der Waals surface area contributed by atoms with E-state index in [-0.39, 0.29) is 10.4 Å². The van der Waals surface area contributed by atoms with Crippen molar-refractivity contribution in [1.82, 2.24) is 9.38 Å². The number of rotatable bonds is 6. The fourth-order valence-electron chi connectivity index (χ4n) is 2.78. The molecule has 3 rings (SSSR count). The van der Waals surface area contributed by atoms with E-state index in [0.717, 1.165) is 16.9 Å². The van der Waals surface area contributed by atoms with Gasteiger partial charge < -0.3 is 14.6 Å². The van der Waals surface area contributed by atoms with Crippen LogP contribution < -0.4 is 15.0 Å². The van der Waals surface area contributed by atoms with Gasteiger partial charge in [0, 0.05) is 17.3 Å². The number of fused-ring (bicyclic) bond motifs is 1. The summed E-state index contributed by atoms with van der Waals surface area (Å²) >= 11 is 0.962. The highest BCUT2D eigenvalue weighted by Gasteiger charge is 2.15. The zero-order valence-electron chi connectivity index (χ0n) is 15.1. The Labute approximate surface area is 159 Å². The van der Waals surface area contributed by atoms with Crippen molar-refractivity contribution >= 4 is 34.4 Å². The van der Waals surface area contributed by atoms with Gasteiger partial charge in [-0.05, 0) is 24.6 Å². The van der Waals surface area contributed by atoms with E-state index >= 15 is 0 Å². The van der Waals surface area contributed by atoms with E-state index in [1.165, 1.54) is 10.6 Å². The molecule has 1 N–H and O–H groups in total. The Kier molecular flexibility index (Phi) is 5.27. The number of hydrogen-bond acceptors (Lipinski definition) is 6. The maximum Gasteiger partial charge on any atom is 0.347 e. The smallest absolute Gasteiger partial charge is 0.347 e. The fourth-order valence-corrected chi connectivity index (χ4v) is 3.60. The molecule has 0 atom stereocenters. The summed E-state index contributed by atoms with van der Waals surface area (Å²) in [5, 5.41) is 9.16. The SMILES string of the molecule is CCc1c(C=Cc2cccc(OC)c2OC)nc2sc(C(=O)O)cn2c1=O. The van der Waals surface area contributed by atoms with Crippen LogP contribution >= 0.6 is 11.3 Å². The fraction of sp³-hybridized carbons (Fsp3) is 0.211. The maximum atomic E-state index is 12.7. The maximum absolute atomic E-state index is 12.7. The van der Waals surface area contributed by atoms with Crippen molar-refractivity contribution in [2.24, 2.45) is 0 Å². The minimum atomic E-state index is -1.08. The molecule has 0 saturated heterocycles. The van der Waals surface area contributed by atoms with Crippen molar-refractivity contribution in [3.8, 4) is 11.5 Å². The third-order valence-electron chi connectivity index (χ3n) is 4.07. The Hall–Kier alpha value is -3.13. The number of methoxy groups -OCH3 is 2. The molecule has 27 heavy (non-hydrogen) atoms. The molecule has 0 fully saturated rings. The number of carbonyl (C=O) groups is 1. The molecule has 0 aliphatic heterocycles. The number of nitrogens with zero attached hydrogens (tertiary/aromatic N) is 2. The summed E-state index contributed by atoms with van der Waals surface area (Å²) < 4.78 is 12.0. The van der Waals surface area contributed by atoms with Crippen molar-refractivity contribution in [2.45, 2.75) is 13.3 Å². The largest absolute Gasteiger partial charge is 0.493 e. The van der Waals surface area contributed by atoms with Gasteiger partial charge in [0.2, 0.25) is 0 Å².